The minimum Gasteiger partial charge on any atom is -0.460 e. The molecule has 0 saturated heterocycles. The van der Waals surface area contributed by atoms with Gasteiger partial charge in [0.15, 0.2) is 12.0 Å². The van der Waals surface area contributed by atoms with Crippen molar-refractivity contribution >= 4 is 5.97 Å². The molecule has 0 saturated carbocycles. The molecule has 0 aliphatic carbocycles. The first-order valence-electron chi connectivity index (χ1n) is 5.50. The SMILES string of the molecule is CCOC(=O)c1nc2n(n1)[C@H](C(C)(F)F)C[C@@H]2F. The summed E-state index contributed by atoms with van der Waals surface area (Å²) in [5, 5.41) is 3.62. The molecule has 0 amide bonds. The van der Waals surface area contributed by atoms with Crippen molar-refractivity contribution in [2.24, 2.45) is 0 Å². The second-order valence-corrected chi connectivity index (χ2v) is 4.13. The molecule has 2 rings (SSSR count). The molecule has 1 aromatic heterocycles. The Bertz CT molecular complexity index is 469. The topological polar surface area (TPSA) is 57.0 Å². The Balaban J connectivity index is 2.34. The predicted octanol–water partition coefficient (Wildman–Crippen LogP) is 2.07. The number of hydrogen-bond acceptors (Lipinski definition) is 4. The Morgan fingerprint density at radius 1 is 1.61 bits per heavy atom. The van der Waals surface area contributed by atoms with Crippen molar-refractivity contribution in [2.45, 2.75) is 38.4 Å². The van der Waals surface area contributed by atoms with Gasteiger partial charge in [-0.2, -0.15) is 0 Å². The summed E-state index contributed by atoms with van der Waals surface area (Å²) in [5.74, 6) is -4.60. The van der Waals surface area contributed by atoms with Crippen LogP contribution in [-0.2, 0) is 4.74 Å². The van der Waals surface area contributed by atoms with Gasteiger partial charge >= 0.3 is 5.97 Å². The lowest BCUT2D eigenvalue weighted by molar-refractivity contribution is -0.0373. The van der Waals surface area contributed by atoms with Crippen LogP contribution in [0.1, 0.15) is 48.9 Å². The van der Waals surface area contributed by atoms with Crippen LogP contribution >= 0.6 is 0 Å². The first-order valence-corrected chi connectivity index (χ1v) is 5.50. The predicted molar refractivity (Wildman–Crippen MR) is 54.1 cm³/mol. The van der Waals surface area contributed by atoms with Gasteiger partial charge in [0.25, 0.3) is 11.7 Å². The van der Waals surface area contributed by atoms with Crippen LogP contribution in [0.3, 0.4) is 0 Å². The van der Waals surface area contributed by atoms with Gasteiger partial charge in [-0.05, 0) is 6.92 Å². The van der Waals surface area contributed by atoms with Gasteiger partial charge < -0.3 is 4.74 Å². The highest BCUT2D eigenvalue weighted by atomic mass is 19.3. The van der Waals surface area contributed by atoms with E-state index in [1.54, 1.807) is 6.92 Å². The Kier molecular flexibility index (Phi) is 3.04. The van der Waals surface area contributed by atoms with Gasteiger partial charge in [-0.25, -0.2) is 27.6 Å². The maximum Gasteiger partial charge on any atom is 0.378 e. The van der Waals surface area contributed by atoms with E-state index >= 15 is 0 Å². The molecule has 0 N–H and O–H groups in total. The van der Waals surface area contributed by atoms with Gasteiger partial charge in [-0.1, -0.05) is 0 Å². The zero-order valence-corrected chi connectivity index (χ0v) is 9.86. The maximum absolute atomic E-state index is 13.6. The summed E-state index contributed by atoms with van der Waals surface area (Å²) in [6.07, 6.45) is -2.03. The summed E-state index contributed by atoms with van der Waals surface area (Å²) in [6.45, 7) is 2.38. The highest BCUT2D eigenvalue weighted by Gasteiger charge is 2.46. The van der Waals surface area contributed by atoms with Crippen molar-refractivity contribution in [3.8, 4) is 0 Å². The van der Waals surface area contributed by atoms with Crippen LogP contribution < -0.4 is 0 Å². The van der Waals surface area contributed by atoms with E-state index < -0.39 is 24.1 Å². The van der Waals surface area contributed by atoms with Gasteiger partial charge in [-0.3, -0.25) is 0 Å². The smallest absolute Gasteiger partial charge is 0.378 e. The first-order chi connectivity index (χ1) is 8.34. The van der Waals surface area contributed by atoms with Gasteiger partial charge in [0, 0.05) is 13.3 Å². The van der Waals surface area contributed by atoms with E-state index in [-0.39, 0.29) is 24.7 Å². The molecule has 18 heavy (non-hydrogen) atoms. The summed E-state index contributed by atoms with van der Waals surface area (Å²) in [7, 11) is 0. The number of nitrogens with zero attached hydrogens (tertiary/aromatic N) is 3. The lowest BCUT2D eigenvalue weighted by atomic mass is 10.1. The molecule has 0 radical (unpaired) electrons. The molecule has 0 spiro atoms. The van der Waals surface area contributed by atoms with E-state index in [9.17, 15) is 18.0 Å². The van der Waals surface area contributed by atoms with Crippen LogP contribution in [0, 0.1) is 0 Å². The van der Waals surface area contributed by atoms with E-state index in [1.807, 2.05) is 0 Å². The standard InChI is InChI=1S/C10H12F3N3O2/c1-3-18-9(17)7-14-8-5(11)4-6(10(2,12)13)16(8)15-7/h5-6H,3-4H2,1-2H3/t5-,6-/m0/s1. The number of carbonyl (C=O) groups excluding carboxylic acids is 1. The van der Waals surface area contributed by atoms with Crippen LogP contribution in [0.5, 0.6) is 0 Å². The van der Waals surface area contributed by atoms with Gasteiger partial charge in [0.05, 0.1) is 6.61 Å². The largest absolute Gasteiger partial charge is 0.460 e. The van der Waals surface area contributed by atoms with E-state index in [1.165, 1.54) is 0 Å². The third-order valence-corrected chi connectivity index (χ3v) is 2.71. The summed E-state index contributed by atoms with van der Waals surface area (Å²) < 4.78 is 45.5. The molecule has 1 aliphatic rings. The summed E-state index contributed by atoms with van der Waals surface area (Å²) in [5.41, 5.74) is 0. The van der Waals surface area contributed by atoms with Crippen molar-refractivity contribution in [3.05, 3.63) is 11.6 Å². The number of hydrogen-bond donors (Lipinski definition) is 0. The second kappa shape index (κ2) is 4.25. The average Bonchev–Trinajstić information content (AvgIpc) is 2.78. The number of fused-ring (bicyclic) bond motifs is 1. The van der Waals surface area contributed by atoms with Crippen LogP contribution in [0.2, 0.25) is 0 Å². The molecule has 2 atom stereocenters. The fourth-order valence-corrected chi connectivity index (χ4v) is 1.88. The average molecular weight is 263 g/mol. The Morgan fingerprint density at radius 3 is 2.83 bits per heavy atom. The van der Waals surface area contributed by atoms with Crippen molar-refractivity contribution in [1.82, 2.24) is 14.8 Å². The zero-order valence-electron chi connectivity index (χ0n) is 9.86. The number of ether oxygens (including phenoxy) is 1. The summed E-state index contributed by atoms with van der Waals surface area (Å²) in [6, 6.07) is -1.42. The van der Waals surface area contributed by atoms with Gasteiger partial charge in [0.1, 0.15) is 6.04 Å². The third-order valence-electron chi connectivity index (χ3n) is 2.71. The van der Waals surface area contributed by atoms with Crippen molar-refractivity contribution in [1.29, 1.82) is 0 Å². The number of halogens is 3. The lowest BCUT2D eigenvalue weighted by Crippen LogP contribution is -2.26. The molecule has 1 aromatic rings. The Morgan fingerprint density at radius 2 is 2.28 bits per heavy atom. The lowest BCUT2D eigenvalue weighted by Gasteiger charge is -2.18. The Labute approximate surface area is 101 Å². The fourth-order valence-electron chi connectivity index (χ4n) is 1.88. The number of carbonyl (C=O) groups is 1. The number of rotatable bonds is 3. The minimum absolute atomic E-state index is 0.106. The van der Waals surface area contributed by atoms with E-state index in [2.05, 4.69) is 14.8 Å². The Hall–Kier alpha value is -1.60. The van der Waals surface area contributed by atoms with Crippen molar-refractivity contribution in [2.75, 3.05) is 6.61 Å². The molecule has 100 valence electrons. The molecular formula is C10H12F3N3O2. The molecule has 0 aromatic carbocycles. The highest BCUT2D eigenvalue weighted by molar-refractivity contribution is 5.85. The van der Waals surface area contributed by atoms with Crippen molar-refractivity contribution < 1.29 is 22.7 Å². The quantitative estimate of drug-likeness (QED) is 0.783. The molecule has 0 fully saturated rings. The second-order valence-electron chi connectivity index (χ2n) is 4.13. The molecule has 0 bridgehead atoms. The van der Waals surface area contributed by atoms with Gasteiger partial charge in [-0.15, -0.1) is 5.10 Å². The number of alkyl halides is 3. The van der Waals surface area contributed by atoms with Crippen LogP contribution in [-0.4, -0.2) is 33.3 Å². The zero-order chi connectivity index (χ0) is 13.5. The number of aromatic nitrogens is 3. The number of esters is 1. The molecule has 5 nitrogen and oxygen atoms in total. The summed E-state index contributed by atoms with van der Waals surface area (Å²) >= 11 is 0. The normalized spacial score (nSPS) is 22.9. The molecule has 0 unspecified atom stereocenters. The molecule has 2 heterocycles. The van der Waals surface area contributed by atoms with E-state index in [0.29, 0.717) is 6.92 Å². The fraction of sp³-hybridized carbons (Fsp3) is 0.700. The minimum atomic E-state index is -3.13. The first kappa shape index (κ1) is 12.8. The highest BCUT2D eigenvalue weighted by Crippen LogP contribution is 2.43. The van der Waals surface area contributed by atoms with Crippen LogP contribution in [0.25, 0.3) is 0 Å². The molecule has 8 heteroatoms. The summed E-state index contributed by atoms with van der Waals surface area (Å²) in [4.78, 5) is 15.0. The van der Waals surface area contributed by atoms with E-state index in [4.69, 9.17) is 0 Å². The maximum atomic E-state index is 13.6. The third kappa shape index (κ3) is 2.06. The monoisotopic (exact) mass is 263 g/mol. The molecular weight excluding hydrogens is 251 g/mol. The van der Waals surface area contributed by atoms with E-state index in [0.717, 1.165) is 4.68 Å². The van der Waals surface area contributed by atoms with Gasteiger partial charge in [0.2, 0.25) is 0 Å². The molecule has 1 aliphatic heterocycles. The van der Waals surface area contributed by atoms with Crippen molar-refractivity contribution in [3.63, 3.8) is 0 Å². The van der Waals surface area contributed by atoms with Crippen LogP contribution in [0.4, 0.5) is 13.2 Å². The van der Waals surface area contributed by atoms with Crippen LogP contribution in [0.15, 0.2) is 0 Å².